The van der Waals surface area contributed by atoms with Gasteiger partial charge in [-0.1, -0.05) is 57.9 Å². The van der Waals surface area contributed by atoms with Gasteiger partial charge >= 0.3 is 0 Å². The van der Waals surface area contributed by atoms with Gasteiger partial charge in [0, 0.05) is 16.1 Å². The van der Waals surface area contributed by atoms with Crippen LogP contribution in [0, 0.1) is 0 Å². The van der Waals surface area contributed by atoms with Crippen LogP contribution in [-0.4, -0.2) is 16.1 Å². The number of alkyl halides is 1. The fraction of sp³-hybridized carbons (Fsp3) is 0.0667. The smallest absolute Gasteiger partial charge is 0.234 e. The third-order valence-corrected chi connectivity index (χ3v) is 4.00. The molecule has 3 nitrogen and oxygen atoms in total. The Morgan fingerprint density at radius 3 is 2.43 bits per heavy atom. The Bertz CT molecular complexity index is 704. The minimum absolute atomic E-state index is 0.189. The van der Waals surface area contributed by atoms with Crippen molar-refractivity contribution in [3.8, 4) is 0 Å². The van der Waals surface area contributed by atoms with Crippen molar-refractivity contribution in [2.75, 3.05) is 9.74 Å². The average Bonchev–Trinajstić information content (AvgIpc) is 2.48. The van der Waals surface area contributed by atoms with Gasteiger partial charge in [-0.05, 0) is 30.3 Å². The first-order chi connectivity index (χ1) is 10.0. The van der Waals surface area contributed by atoms with Gasteiger partial charge in [-0.25, -0.2) is 0 Å². The van der Waals surface area contributed by atoms with Gasteiger partial charge in [0.1, 0.15) is 0 Å². The number of benzene rings is 2. The molecule has 0 aliphatic carbocycles. The molecule has 0 unspecified atom stereocenters. The van der Waals surface area contributed by atoms with E-state index in [0.717, 1.165) is 0 Å². The molecule has 2 aromatic rings. The van der Waals surface area contributed by atoms with Crippen molar-refractivity contribution in [2.45, 2.75) is 0 Å². The first-order valence-electron chi connectivity index (χ1n) is 5.97. The quantitative estimate of drug-likeness (QED) is 0.435. The van der Waals surface area contributed by atoms with Crippen molar-refractivity contribution in [3.63, 3.8) is 0 Å². The van der Waals surface area contributed by atoms with Crippen LogP contribution >= 0.6 is 45.8 Å². The molecular weight excluding hydrogens is 424 g/mol. The van der Waals surface area contributed by atoms with E-state index in [9.17, 15) is 9.59 Å². The molecule has 0 saturated heterocycles. The standard InChI is InChI=1S/C15H10Cl2INO2/c16-9-5-6-13(19-14(20)8-18)11(7-9)15(21)10-3-1-2-4-12(10)17/h1-7H,8H2,(H,19,20). The molecule has 2 rings (SSSR count). The molecule has 0 aromatic heterocycles. The number of hydrogen-bond donors (Lipinski definition) is 1. The summed E-state index contributed by atoms with van der Waals surface area (Å²) in [6.07, 6.45) is 0. The highest BCUT2D eigenvalue weighted by Crippen LogP contribution is 2.26. The molecule has 0 heterocycles. The van der Waals surface area contributed by atoms with Crippen LogP contribution in [-0.2, 0) is 4.79 Å². The van der Waals surface area contributed by atoms with Crippen molar-refractivity contribution in [2.24, 2.45) is 0 Å². The van der Waals surface area contributed by atoms with Crippen LogP contribution in [0.4, 0.5) is 5.69 Å². The summed E-state index contributed by atoms with van der Waals surface area (Å²) in [7, 11) is 0. The monoisotopic (exact) mass is 433 g/mol. The Kier molecular flexibility index (Phi) is 5.61. The highest BCUT2D eigenvalue weighted by atomic mass is 127. The van der Waals surface area contributed by atoms with Gasteiger partial charge in [0.2, 0.25) is 5.91 Å². The van der Waals surface area contributed by atoms with E-state index in [-0.39, 0.29) is 11.7 Å². The lowest BCUT2D eigenvalue weighted by atomic mass is 10.0. The summed E-state index contributed by atoms with van der Waals surface area (Å²) in [5.74, 6) is -0.474. The molecule has 0 aliphatic rings. The molecule has 0 aliphatic heterocycles. The van der Waals surface area contributed by atoms with E-state index in [1.165, 1.54) is 6.07 Å². The molecule has 0 saturated carbocycles. The van der Waals surface area contributed by atoms with Crippen LogP contribution in [0.2, 0.25) is 10.0 Å². The van der Waals surface area contributed by atoms with Gasteiger partial charge in [-0.3, -0.25) is 9.59 Å². The summed E-state index contributed by atoms with van der Waals surface area (Å²) in [4.78, 5) is 24.2. The lowest BCUT2D eigenvalue weighted by molar-refractivity contribution is -0.113. The Balaban J connectivity index is 2.47. The summed E-state index contributed by atoms with van der Waals surface area (Å²) in [5, 5.41) is 3.46. The zero-order valence-electron chi connectivity index (χ0n) is 10.7. The molecule has 0 spiro atoms. The zero-order chi connectivity index (χ0) is 15.4. The Hall–Kier alpha value is -1.11. The topological polar surface area (TPSA) is 46.2 Å². The third kappa shape index (κ3) is 3.96. The average molecular weight is 434 g/mol. The molecule has 0 radical (unpaired) electrons. The predicted octanol–water partition coefficient (Wildman–Crippen LogP) is 4.60. The van der Waals surface area contributed by atoms with Gasteiger partial charge in [-0.15, -0.1) is 0 Å². The van der Waals surface area contributed by atoms with Crippen molar-refractivity contribution in [1.82, 2.24) is 0 Å². The molecule has 6 heteroatoms. The van der Waals surface area contributed by atoms with Gasteiger partial charge in [-0.2, -0.15) is 0 Å². The maximum Gasteiger partial charge on any atom is 0.234 e. The Morgan fingerprint density at radius 1 is 1.05 bits per heavy atom. The van der Waals surface area contributed by atoms with E-state index in [0.29, 0.717) is 31.3 Å². The molecular formula is C15H10Cl2INO2. The highest BCUT2D eigenvalue weighted by molar-refractivity contribution is 14.1. The molecule has 1 amide bonds. The number of carbonyl (C=O) groups excluding carboxylic acids is 2. The highest BCUT2D eigenvalue weighted by Gasteiger charge is 2.17. The third-order valence-electron chi connectivity index (χ3n) is 2.74. The van der Waals surface area contributed by atoms with Gasteiger partial charge in [0.25, 0.3) is 0 Å². The Labute approximate surface area is 145 Å². The maximum atomic E-state index is 12.6. The SMILES string of the molecule is O=C(CI)Nc1ccc(Cl)cc1C(=O)c1ccccc1Cl. The van der Waals surface area contributed by atoms with E-state index in [1.54, 1.807) is 36.4 Å². The largest absolute Gasteiger partial charge is 0.325 e. The van der Waals surface area contributed by atoms with E-state index in [2.05, 4.69) is 5.32 Å². The number of amides is 1. The normalized spacial score (nSPS) is 10.2. The summed E-state index contributed by atoms with van der Waals surface area (Å²) < 4.78 is 0.292. The number of hydrogen-bond acceptors (Lipinski definition) is 2. The number of nitrogens with one attached hydrogen (secondary N) is 1. The van der Waals surface area contributed by atoms with E-state index in [4.69, 9.17) is 23.2 Å². The molecule has 0 atom stereocenters. The molecule has 2 aromatic carbocycles. The fourth-order valence-electron chi connectivity index (χ4n) is 1.79. The molecule has 0 fully saturated rings. The summed E-state index contributed by atoms with van der Waals surface area (Å²) in [6.45, 7) is 0. The summed E-state index contributed by atoms with van der Waals surface area (Å²) >= 11 is 14.0. The second-order valence-corrected chi connectivity index (χ2v) is 5.79. The van der Waals surface area contributed by atoms with Gasteiger partial charge < -0.3 is 5.32 Å². The van der Waals surface area contributed by atoms with E-state index < -0.39 is 0 Å². The number of ketones is 1. The predicted molar refractivity (Wildman–Crippen MR) is 93.9 cm³/mol. The fourth-order valence-corrected chi connectivity index (χ4v) is 2.37. The van der Waals surface area contributed by atoms with Gasteiger partial charge in [0.15, 0.2) is 5.78 Å². The minimum atomic E-state index is -0.285. The van der Waals surface area contributed by atoms with Crippen LogP contribution in [0.15, 0.2) is 42.5 Å². The van der Waals surface area contributed by atoms with Crippen LogP contribution in [0.25, 0.3) is 0 Å². The zero-order valence-corrected chi connectivity index (χ0v) is 14.4. The number of rotatable bonds is 4. The number of anilines is 1. The molecule has 0 bridgehead atoms. The maximum absolute atomic E-state index is 12.6. The minimum Gasteiger partial charge on any atom is -0.325 e. The van der Waals surface area contributed by atoms with E-state index in [1.807, 2.05) is 22.6 Å². The van der Waals surface area contributed by atoms with Crippen molar-refractivity contribution >= 4 is 63.2 Å². The van der Waals surface area contributed by atoms with Crippen LogP contribution in [0.3, 0.4) is 0 Å². The molecule has 1 N–H and O–H groups in total. The van der Waals surface area contributed by atoms with Crippen LogP contribution < -0.4 is 5.32 Å². The lowest BCUT2D eigenvalue weighted by Crippen LogP contribution is -2.15. The second kappa shape index (κ2) is 7.24. The first kappa shape index (κ1) is 16.3. The number of halogens is 3. The lowest BCUT2D eigenvalue weighted by Gasteiger charge is -2.11. The first-order valence-corrected chi connectivity index (χ1v) is 8.25. The van der Waals surface area contributed by atoms with Crippen molar-refractivity contribution in [1.29, 1.82) is 0 Å². The van der Waals surface area contributed by atoms with Crippen molar-refractivity contribution < 1.29 is 9.59 Å². The second-order valence-electron chi connectivity index (χ2n) is 4.18. The summed E-state index contributed by atoms with van der Waals surface area (Å²) in [6, 6.07) is 11.5. The van der Waals surface area contributed by atoms with Crippen molar-refractivity contribution in [3.05, 3.63) is 63.6 Å². The molecule has 108 valence electrons. The Morgan fingerprint density at radius 2 is 1.76 bits per heavy atom. The van der Waals surface area contributed by atoms with E-state index >= 15 is 0 Å². The van der Waals surface area contributed by atoms with Crippen LogP contribution in [0.5, 0.6) is 0 Å². The molecule has 21 heavy (non-hydrogen) atoms. The van der Waals surface area contributed by atoms with Crippen LogP contribution in [0.1, 0.15) is 15.9 Å². The number of carbonyl (C=O) groups is 2. The van der Waals surface area contributed by atoms with Gasteiger partial charge in [0.05, 0.1) is 15.1 Å². The summed E-state index contributed by atoms with van der Waals surface area (Å²) in [5.41, 5.74) is 1.10.